The first-order chi connectivity index (χ1) is 6.39. The van der Waals surface area contributed by atoms with Crippen LogP contribution in [0.15, 0.2) is 60.7 Å². The van der Waals surface area contributed by atoms with Crippen LogP contribution in [0.3, 0.4) is 0 Å². The quantitative estimate of drug-likeness (QED) is 0.587. The van der Waals surface area contributed by atoms with E-state index in [0.29, 0.717) is 0 Å². The van der Waals surface area contributed by atoms with E-state index in [9.17, 15) is 0 Å². The summed E-state index contributed by atoms with van der Waals surface area (Å²) in [6.45, 7) is 2.08. The Hall–Kier alpha value is -0.456. The predicted octanol–water partition coefficient (Wildman–Crippen LogP) is 5.20. The molecule has 0 spiro atoms. The van der Waals surface area contributed by atoms with Gasteiger partial charge in [-0.25, -0.2) is 0 Å². The molecule has 0 aliphatic rings. The van der Waals surface area contributed by atoms with E-state index in [1.807, 2.05) is 48.5 Å². The summed E-state index contributed by atoms with van der Waals surface area (Å²) >= 11 is 0. The first kappa shape index (κ1) is 25.4. The average molecular weight is 305 g/mol. The molecule has 0 saturated heterocycles. The van der Waals surface area contributed by atoms with Crippen LogP contribution in [0.2, 0.25) is 0 Å². The minimum Gasteiger partial charge on any atom is -0.358 e. The molecule has 1 heteroatoms. The molecule has 0 unspecified atom stereocenters. The van der Waals surface area contributed by atoms with Crippen molar-refractivity contribution in [1.29, 1.82) is 0 Å². The monoisotopic (exact) mass is 305 g/mol. The average Bonchev–Trinajstić information content (AvgIpc) is 2.22. The molecule has 93 valence electrons. The van der Waals surface area contributed by atoms with Gasteiger partial charge in [0, 0.05) is 32.7 Å². The van der Waals surface area contributed by atoms with E-state index in [2.05, 4.69) is 25.1 Å². The minimum absolute atomic E-state index is 0. The zero-order valence-corrected chi connectivity index (χ0v) is 12.2. The Labute approximate surface area is 133 Å². The van der Waals surface area contributed by atoms with Crippen LogP contribution in [-0.4, -0.2) is 0 Å². The zero-order chi connectivity index (χ0) is 9.36. The van der Waals surface area contributed by atoms with Crippen molar-refractivity contribution >= 4 is 0 Å². The van der Waals surface area contributed by atoms with Crippen LogP contribution in [0.1, 0.15) is 20.4 Å². The standard InChI is InChI=1S/C7H8.C6H5.2CH4.CH3.Y/c1-7-5-3-2-4-6-7;1-2-4-6-5-3-1;;;;/h2-6H,1H3;1-5H;2*1H4;1H3;/q;-1;;;-1;. The Kier molecular flexibility index (Phi) is 26.8. The van der Waals surface area contributed by atoms with Gasteiger partial charge in [-0.05, 0) is 6.92 Å². The molecule has 0 atom stereocenters. The van der Waals surface area contributed by atoms with Crippen LogP contribution in [0.25, 0.3) is 0 Å². The van der Waals surface area contributed by atoms with Crippen molar-refractivity contribution in [1.82, 2.24) is 0 Å². The Morgan fingerprint density at radius 3 is 1.35 bits per heavy atom. The largest absolute Gasteiger partial charge is 0.358 e. The molecule has 2 aromatic carbocycles. The number of benzene rings is 2. The van der Waals surface area contributed by atoms with Crippen LogP contribution >= 0.6 is 0 Å². The van der Waals surface area contributed by atoms with E-state index in [1.165, 1.54) is 5.56 Å². The van der Waals surface area contributed by atoms with Crippen molar-refractivity contribution in [3.63, 3.8) is 0 Å². The molecule has 2 aromatic rings. The Morgan fingerprint density at radius 2 is 1.18 bits per heavy atom. The van der Waals surface area contributed by atoms with Crippen LogP contribution < -0.4 is 0 Å². The third-order valence-electron chi connectivity index (χ3n) is 1.55. The molecule has 0 aliphatic heterocycles. The van der Waals surface area contributed by atoms with Crippen LogP contribution in [0, 0.1) is 20.4 Å². The van der Waals surface area contributed by atoms with E-state index >= 15 is 0 Å². The van der Waals surface area contributed by atoms with Gasteiger partial charge in [0.25, 0.3) is 0 Å². The topological polar surface area (TPSA) is 0 Å². The van der Waals surface area contributed by atoms with Gasteiger partial charge in [0.05, 0.1) is 0 Å². The minimum atomic E-state index is 0. The summed E-state index contributed by atoms with van der Waals surface area (Å²) in [6.07, 6.45) is 0. The van der Waals surface area contributed by atoms with E-state index in [-0.39, 0.29) is 55.0 Å². The van der Waals surface area contributed by atoms with Gasteiger partial charge in [-0.3, -0.25) is 0 Å². The van der Waals surface area contributed by atoms with Crippen LogP contribution in [0.4, 0.5) is 0 Å². The molecule has 0 fully saturated rings. The molecule has 0 nitrogen and oxygen atoms in total. The molecule has 0 saturated carbocycles. The molecule has 0 bridgehead atoms. The van der Waals surface area contributed by atoms with Crippen molar-refractivity contribution in [3.05, 3.63) is 79.7 Å². The SMILES string of the molecule is C.C.Cc1ccccc1.[CH3-].[Y].[c-]1ccccc1. The molecule has 0 aromatic heterocycles. The Balaban J connectivity index is -0.0000000810. The first-order valence-electron chi connectivity index (χ1n) is 4.32. The van der Waals surface area contributed by atoms with Gasteiger partial charge in [0.15, 0.2) is 0 Å². The maximum Gasteiger partial charge on any atom is 0 e. The predicted molar refractivity (Wildman–Crippen MR) is 76.3 cm³/mol. The van der Waals surface area contributed by atoms with Gasteiger partial charge in [-0.2, -0.15) is 36.4 Å². The zero-order valence-electron chi connectivity index (χ0n) is 9.35. The molecule has 0 aliphatic carbocycles. The van der Waals surface area contributed by atoms with Gasteiger partial charge >= 0.3 is 0 Å². The smallest absolute Gasteiger partial charge is 0 e. The Morgan fingerprint density at radius 1 is 0.765 bits per heavy atom. The normalized spacial score (nSPS) is 6.41. The van der Waals surface area contributed by atoms with Crippen LogP contribution in [-0.2, 0) is 32.7 Å². The van der Waals surface area contributed by atoms with Gasteiger partial charge in [0.1, 0.15) is 0 Å². The summed E-state index contributed by atoms with van der Waals surface area (Å²) in [5, 5.41) is 0. The van der Waals surface area contributed by atoms with Crippen molar-refractivity contribution < 1.29 is 32.7 Å². The fraction of sp³-hybridized carbons (Fsp3) is 0.188. The summed E-state index contributed by atoms with van der Waals surface area (Å²) in [7, 11) is 0. The second kappa shape index (κ2) is 17.9. The summed E-state index contributed by atoms with van der Waals surface area (Å²) in [4.78, 5) is 0. The summed E-state index contributed by atoms with van der Waals surface area (Å²) in [6, 6.07) is 22.8. The maximum atomic E-state index is 2.89. The first-order valence-corrected chi connectivity index (χ1v) is 4.32. The fourth-order valence-electron chi connectivity index (χ4n) is 0.876. The number of hydrogen-bond acceptors (Lipinski definition) is 0. The maximum absolute atomic E-state index is 2.89. The molecule has 0 N–H and O–H groups in total. The number of hydrogen-bond donors (Lipinski definition) is 0. The summed E-state index contributed by atoms with van der Waals surface area (Å²) in [5.74, 6) is 0. The second-order valence-corrected chi connectivity index (χ2v) is 2.73. The molecular weight excluding hydrogens is 281 g/mol. The molecule has 17 heavy (non-hydrogen) atoms. The third-order valence-corrected chi connectivity index (χ3v) is 1.55. The second-order valence-electron chi connectivity index (χ2n) is 2.73. The number of rotatable bonds is 0. The van der Waals surface area contributed by atoms with Gasteiger partial charge in [-0.15, -0.1) is 0 Å². The molecule has 0 amide bonds. The summed E-state index contributed by atoms with van der Waals surface area (Å²) in [5.41, 5.74) is 1.32. The Bertz CT molecular complexity index is 276. The third kappa shape index (κ3) is 15.5. The van der Waals surface area contributed by atoms with E-state index in [1.54, 1.807) is 0 Å². The van der Waals surface area contributed by atoms with Crippen molar-refractivity contribution in [2.75, 3.05) is 0 Å². The van der Waals surface area contributed by atoms with E-state index < -0.39 is 0 Å². The van der Waals surface area contributed by atoms with E-state index in [0.717, 1.165) is 0 Å². The number of aryl methyl sites for hydroxylation is 1. The van der Waals surface area contributed by atoms with Gasteiger partial charge in [0.2, 0.25) is 0 Å². The van der Waals surface area contributed by atoms with Gasteiger partial charge < -0.3 is 7.43 Å². The van der Waals surface area contributed by atoms with Gasteiger partial charge in [-0.1, -0.05) is 50.7 Å². The summed E-state index contributed by atoms with van der Waals surface area (Å²) < 4.78 is 0. The van der Waals surface area contributed by atoms with Crippen molar-refractivity contribution in [2.24, 2.45) is 0 Å². The molecule has 2 rings (SSSR count). The fourth-order valence-corrected chi connectivity index (χ4v) is 0.876. The van der Waals surface area contributed by atoms with Crippen LogP contribution in [0.5, 0.6) is 0 Å². The molecule has 0 heterocycles. The van der Waals surface area contributed by atoms with E-state index in [4.69, 9.17) is 0 Å². The molecule has 1 radical (unpaired) electrons. The van der Waals surface area contributed by atoms with Crippen molar-refractivity contribution in [3.8, 4) is 0 Å². The molecular formula is C16H24Y-2. The van der Waals surface area contributed by atoms with Crippen molar-refractivity contribution in [2.45, 2.75) is 21.8 Å².